The lowest BCUT2D eigenvalue weighted by atomic mass is 9.98. The van der Waals surface area contributed by atoms with Crippen LogP contribution in [0.25, 0.3) is 0 Å². The van der Waals surface area contributed by atoms with Crippen molar-refractivity contribution < 1.29 is 4.79 Å². The Morgan fingerprint density at radius 2 is 2.36 bits per heavy atom. The first-order valence-corrected chi connectivity index (χ1v) is 3.84. The Morgan fingerprint density at radius 3 is 2.82 bits per heavy atom. The number of nitrogens with one attached hydrogen (secondary N) is 1. The molecule has 1 amide bonds. The lowest BCUT2D eigenvalue weighted by molar-refractivity contribution is -0.118. The first kappa shape index (κ1) is 8.27. The fourth-order valence-electron chi connectivity index (χ4n) is 1.41. The van der Waals surface area contributed by atoms with Crippen molar-refractivity contribution in [1.29, 1.82) is 0 Å². The van der Waals surface area contributed by atoms with Gasteiger partial charge in [-0.25, -0.2) is 0 Å². The molecule has 11 heavy (non-hydrogen) atoms. The standard InChI is InChI=1S/C8H14N2O/c1-5-3-6(2)10-8(11)7(5)4-9/h6H,3-4,9H2,1-2H3,(H,10,11). The van der Waals surface area contributed by atoms with Gasteiger partial charge in [0, 0.05) is 18.2 Å². The molecule has 3 N–H and O–H groups in total. The van der Waals surface area contributed by atoms with Crippen molar-refractivity contribution in [3.05, 3.63) is 11.1 Å². The number of hydrogen-bond donors (Lipinski definition) is 2. The van der Waals surface area contributed by atoms with Crippen LogP contribution in [0.5, 0.6) is 0 Å². The minimum absolute atomic E-state index is 0.00347. The normalized spacial score (nSPS) is 25.4. The maximum atomic E-state index is 11.2. The number of carbonyl (C=O) groups is 1. The maximum absolute atomic E-state index is 11.2. The number of carbonyl (C=O) groups excluding carboxylic acids is 1. The second kappa shape index (κ2) is 3.05. The molecule has 1 aliphatic heterocycles. The number of amides is 1. The second-order valence-electron chi connectivity index (χ2n) is 3.04. The highest BCUT2D eigenvalue weighted by Crippen LogP contribution is 2.15. The molecule has 0 saturated heterocycles. The van der Waals surface area contributed by atoms with Crippen LogP contribution in [-0.4, -0.2) is 18.5 Å². The average molecular weight is 154 g/mol. The highest BCUT2D eigenvalue weighted by molar-refractivity contribution is 5.95. The van der Waals surface area contributed by atoms with Gasteiger partial charge in [0.2, 0.25) is 5.91 Å². The van der Waals surface area contributed by atoms with Gasteiger partial charge < -0.3 is 11.1 Å². The molecule has 1 atom stereocenters. The first-order chi connectivity index (χ1) is 5.15. The Hall–Kier alpha value is -0.830. The van der Waals surface area contributed by atoms with Crippen LogP contribution in [0.3, 0.4) is 0 Å². The molecule has 0 saturated carbocycles. The molecular weight excluding hydrogens is 140 g/mol. The van der Waals surface area contributed by atoms with Crippen molar-refractivity contribution in [3.63, 3.8) is 0 Å². The quantitative estimate of drug-likeness (QED) is 0.565. The molecule has 62 valence electrons. The summed E-state index contributed by atoms with van der Waals surface area (Å²) in [7, 11) is 0. The fraction of sp³-hybridized carbons (Fsp3) is 0.625. The SMILES string of the molecule is CC1=C(CN)C(=O)NC(C)C1. The predicted octanol–water partition coefficient (Wildman–Crippen LogP) is 0.170. The molecule has 3 nitrogen and oxygen atoms in total. The molecule has 0 aromatic rings. The van der Waals surface area contributed by atoms with E-state index in [4.69, 9.17) is 5.73 Å². The molecule has 1 aliphatic rings. The zero-order valence-electron chi connectivity index (χ0n) is 6.98. The summed E-state index contributed by atoms with van der Waals surface area (Å²) in [4.78, 5) is 11.2. The Morgan fingerprint density at radius 1 is 1.73 bits per heavy atom. The van der Waals surface area contributed by atoms with Crippen molar-refractivity contribution in [2.45, 2.75) is 26.3 Å². The molecule has 1 unspecified atom stereocenters. The molecule has 0 aliphatic carbocycles. The van der Waals surface area contributed by atoms with Gasteiger partial charge in [0.05, 0.1) is 0 Å². The molecule has 0 aromatic heterocycles. The van der Waals surface area contributed by atoms with E-state index < -0.39 is 0 Å². The van der Waals surface area contributed by atoms with Gasteiger partial charge in [-0.15, -0.1) is 0 Å². The van der Waals surface area contributed by atoms with Gasteiger partial charge in [-0.05, 0) is 20.3 Å². The van der Waals surface area contributed by atoms with Crippen LogP contribution in [0, 0.1) is 0 Å². The van der Waals surface area contributed by atoms with Gasteiger partial charge >= 0.3 is 0 Å². The third-order valence-corrected chi connectivity index (χ3v) is 1.98. The fourth-order valence-corrected chi connectivity index (χ4v) is 1.41. The maximum Gasteiger partial charge on any atom is 0.248 e. The van der Waals surface area contributed by atoms with Crippen LogP contribution in [-0.2, 0) is 4.79 Å². The van der Waals surface area contributed by atoms with E-state index in [1.54, 1.807) is 0 Å². The molecule has 1 heterocycles. The van der Waals surface area contributed by atoms with Crippen molar-refractivity contribution in [2.75, 3.05) is 6.54 Å². The van der Waals surface area contributed by atoms with E-state index in [9.17, 15) is 4.79 Å². The summed E-state index contributed by atoms with van der Waals surface area (Å²) in [6.45, 7) is 4.32. The van der Waals surface area contributed by atoms with Crippen LogP contribution in [0.4, 0.5) is 0 Å². The van der Waals surface area contributed by atoms with Gasteiger partial charge in [0.15, 0.2) is 0 Å². The zero-order valence-corrected chi connectivity index (χ0v) is 6.98. The molecule has 1 rings (SSSR count). The van der Waals surface area contributed by atoms with E-state index in [0.717, 1.165) is 17.6 Å². The molecular formula is C8H14N2O. The zero-order chi connectivity index (χ0) is 8.43. The van der Waals surface area contributed by atoms with E-state index in [1.807, 2.05) is 13.8 Å². The Balaban J connectivity index is 2.86. The van der Waals surface area contributed by atoms with E-state index in [0.29, 0.717) is 6.54 Å². The van der Waals surface area contributed by atoms with Crippen molar-refractivity contribution in [2.24, 2.45) is 5.73 Å². The Bertz CT molecular complexity index is 208. The second-order valence-corrected chi connectivity index (χ2v) is 3.04. The van der Waals surface area contributed by atoms with Gasteiger partial charge in [0.25, 0.3) is 0 Å². The van der Waals surface area contributed by atoms with Gasteiger partial charge in [-0.3, -0.25) is 4.79 Å². The predicted molar refractivity (Wildman–Crippen MR) is 44.0 cm³/mol. The highest BCUT2D eigenvalue weighted by atomic mass is 16.1. The average Bonchev–Trinajstić information content (AvgIpc) is 1.85. The molecule has 0 radical (unpaired) electrons. The number of hydrogen-bond acceptors (Lipinski definition) is 2. The molecule has 0 spiro atoms. The summed E-state index contributed by atoms with van der Waals surface area (Å²) in [5.41, 5.74) is 7.29. The summed E-state index contributed by atoms with van der Waals surface area (Å²) < 4.78 is 0. The van der Waals surface area contributed by atoms with Crippen LogP contribution >= 0.6 is 0 Å². The topological polar surface area (TPSA) is 55.1 Å². The first-order valence-electron chi connectivity index (χ1n) is 3.84. The minimum Gasteiger partial charge on any atom is -0.350 e. The highest BCUT2D eigenvalue weighted by Gasteiger charge is 2.19. The Kier molecular flexibility index (Phi) is 2.29. The van der Waals surface area contributed by atoms with Crippen LogP contribution in [0.15, 0.2) is 11.1 Å². The van der Waals surface area contributed by atoms with Gasteiger partial charge in [0.1, 0.15) is 0 Å². The molecule has 0 aromatic carbocycles. The van der Waals surface area contributed by atoms with Crippen LogP contribution in [0.2, 0.25) is 0 Å². The largest absolute Gasteiger partial charge is 0.350 e. The number of rotatable bonds is 1. The van der Waals surface area contributed by atoms with Crippen molar-refractivity contribution in [1.82, 2.24) is 5.32 Å². The lowest BCUT2D eigenvalue weighted by Gasteiger charge is -2.22. The summed E-state index contributed by atoms with van der Waals surface area (Å²) >= 11 is 0. The summed E-state index contributed by atoms with van der Waals surface area (Å²) in [5, 5.41) is 2.83. The van der Waals surface area contributed by atoms with Crippen LogP contribution in [0.1, 0.15) is 20.3 Å². The summed E-state index contributed by atoms with van der Waals surface area (Å²) in [6.07, 6.45) is 0.929. The van der Waals surface area contributed by atoms with Crippen LogP contribution < -0.4 is 11.1 Å². The van der Waals surface area contributed by atoms with E-state index in [1.165, 1.54) is 0 Å². The third-order valence-electron chi connectivity index (χ3n) is 1.98. The van der Waals surface area contributed by atoms with Gasteiger partial charge in [-0.1, -0.05) is 5.57 Å². The molecule has 3 heteroatoms. The van der Waals surface area contributed by atoms with E-state index in [-0.39, 0.29) is 11.9 Å². The monoisotopic (exact) mass is 154 g/mol. The van der Waals surface area contributed by atoms with Crippen molar-refractivity contribution >= 4 is 5.91 Å². The summed E-state index contributed by atoms with van der Waals surface area (Å²) in [5.74, 6) is 0.00347. The van der Waals surface area contributed by atoms with Crippen molar-refractivity contribution in [3.8, 4) is 0 Å². The minimum atomic E-state index is 0.00347. The summed E-state index contributed by atoms with van der Waals surface area (Å²) in [6, 6.07) is 0.262. The lowest BCUT2D eigenvalue weighted by Crippen LogP contribution is -2.40. The molecule has 0 fully saturated rings. The molecule has 0 bridgehead atoms. The number of nitrogens with two attached hydrogens (primary N) is 1. The van der Waals surface area contributed by atoms with Gasteiger partial charge in [-0.2, -0.15) is 0 Å². The third kappa shape index (κ3) is 1.60. The Labute approximate surface area is 66.6 Å². The van der Waals surface area contributed by atoms with E-state index in [2.05, 4.69) is 5.32 Å². The smallest absolute Gasteiger partial charge is 0.248 e. The van der Waals surface area contributed by atoms with E-state index >= 15 is 0 Å².